The molecule has 1 saturated heterocycles. The zero-order valence-electron chi connectivity index (χ0n) is 16.9. The first kappa shape index (κ1) is 22.7. The molecular formula is C22H26ClFN2O3S. The average Bonchev–Trinajstić information content (AvgIpc) is 3.23. The number of nitrogens with zero attached hydrogens (tertiary/aromatic N) is 1. The Morgan fingerprint density at radius 1 is 1.17 bits per heavy atom. The molecule has 1 unspecified atom stereocenters. The molecule has 3 rings (SSSR count). The first-order valence-electron chi connectivity index (χ1n) is 10.0. The Labute approximate surface area is 182 Å². The number of likely N-dealkylation sites (tertiary alicyclic amines) is 1. The quantitative estimate of drug-likeness (QED) is 0.659. The number of carbonyl (C=O) groups excluding carboxylic acids is 1. The zero-order chi connectivity index (χ0) is 21.7. The zero-order valence-corrected chi connectivity index (χ0v) is 18.5. The fourth-order valence-corrected chi connectivity index (χ4v) is 5.22. The van der Waals surface area contributed by atoms with Crippen molar-refractivity contribution in [1.29, 1.82) is 0 Å². The number of hydrogen-bond acceptors (Lipinski definition) is 4. The summed E-state index contributed by atoms with van der Waals surface area (Å²) in [6, 6.07) is 10.7. The van der Waals surface area contributed by atoms with Gasteiger partial charge in [0.2, 0.25) is 5.91 Å². The highest BCUT2D eigenvalue weighted by molar-refractivity contribution is 7.91. The van der Waals surface area contributed by atoms with Crippen molar-refractivity contribution in [2.24, 2.45) is 0 Å². The highest BCUT2D eigenvalue weighted by Crippen LogP contribution is 2.32. The van der Waals surface area contributed by atoms with Crippen molar-refractivity contribution >= 4 is 27.3 Å². The van der Waals surface area contributed by atoms with E-state index in [1.165, 1.54) is 6.07 Å². The third-order valence-electron chi connectivity index (χ3n) is 5.38. The molecule has 0 aliphatic carbocycles. The van der Waals surface area contributed by atoms with Crippen molar-refractivity contribution < 1.29 is 17.6 Å². The molecular weight excluding hydrogens is 427 g/mol. The summed E-state index contributed by atoms with van der Waals surface area (Å²) >= 11 is 6.26. The first-order chi connectivity index (χ1) is 14.3. The number of rotatable bonds is 8. The van der Waals surface area contributed by atoms with Crippen LogP contribution in [0.1, 0.15) is 36.4 Å². The predicted octanol–water partition coefficient (Wildman–Crippen LogP) is 3.90. The maximum absolute atomic E-state index is 14.5. The number of nitrogens with one attached hydrogen (secondary N) is 1. The van der Waals surface area contributed by atoms with E-state index >= 15 is 0 Å². The van der Waals surface area contributed by atoms with Crippen LogP contribution in [0.4, 0.5) is 4.39 Å². The largest absolute Gasteiger partial charge is 0.354 e. The molecule has 5 nitrogen and oxygen atoms in total. The van der Waals surface area contributed by atoms with Gasteiger partial charge >= 0.3 is 0 Å². The molecule has 0 spiro atoms. The number of halogens is 2. The number of hydrogen-bond donors (Lipinski definition) is 1. The van der Waals surface area contributed by atoms with Gasteiger partial charge in [0, 0.05) is 23.6 Å². The Bertz CT molecular complexity index is 970. The van der Waals surface area contributed by atoms with Crippen LogP contribution >= 0.6 is 11.6 Å². The minimum Gasteiger partial charge on any atom is -0.354 e. The van der Waals surface area contributed by atoms with Crippen LogP contribution in [0, 0.1) is 12.7 Å². The van der Waals surface area contributed by atoms with Crippen LogP contribution in [0.2, 0.25) is 5.02 Å². The summed E-state index contributed by atoms with van der Waals surface area (Å²) in [5.74, 6) is -1.07. The van der Waals surface area contributed by atoms with Gasteiger partial charge in [-0.15, -0.1) is 0 Å². The van der Waals surface area contributed by atoms with Crippen LogP contribution in [-0.2, 0) is 14.6 Å². The van der Waals surface area contributed by atoms with Crippen molar-refractivity contribution in [2.45, 2.75) is 37.1 Å². The average molecular weight is 453 g/mol. The Hall–Kier alpha value is -1.96. The molecule has 1 aliphatic heterocycles. The van der Waals surface area contributed by atoms with Gasteiger partial charge in [-0.05, 0) is 57.1 Å². The maximum Gasteiger partial charge on any atom is 0.221 e. The van der Waals surface area contributed by atoms with E-state index in [0.29, 0.717) is 10.6 Å². The molecule has 1 amide bonds. The summed E-state index contributed by atoms with van der Waals surface area (Å²) in [5, 5.41) is 3.10. The third kappa shape index (κ3) is 5.59. The molecule has 1 heterocycles. The lowest BCUT2D eigenvalue weighted by molar-refractivity contribution is -0.120. The summed E-state index contributed by atoms with van der Waals surface area (Å²) in [6.45, 7) is 3.65. The van der Waals surface area contributed by atoms with Crippen LogP contribution in [0.5, 0.6) is 0 Å². The molecule has 162 valence electrons. The molecule has 8 heteroatoms. The van der Waals surface area contributed by atoms with E-state index in [9.17, 15) is 17.6 Å². The number of sulfone groups is 1. The van der Waals surface area contributed by atoms with Gasteiger partial charge in [-0.2, -0.15) is 0 Å². The molecule has 0 aromatic heterocycles. The molecule has 2 aromatic carbocycles. The number of aryl methyl sites for hydroxylation is 1. The van der Waals surface area contributed by atoms with Gasteiger partial charge in [0.1, 0.15) is 5.82 Å². The topological polar surface area (TPSA) is 66.5 Å². The molecule has 1 fully saturated rings. The fraction of sp³-hybridized carbons (Fsp3) is 0.409. The van der Waals surface area contributed by atoms with Crippen LogP contribution in [0.15, 0.2) is 47.4 Å². The van der Waals surface area contributed by atoms with Gasteiger partial charge in [-0.3, -0.25) is 9.69 Å². The van der Waals surface area contributed by atoms with Crippen LogP contribution in [-0.4, -0.2) is 44.6 Å². The highest BCUT2D eigenvalue weighted by Gasteiger charge is 2.28. The van der Waals surface area contributed by atoms with E-state index in [4.69, 9.17) is 11.6 Å². The number of carbonyl (C=O) groups is 1. The summed E-state index contributed by atoms with van der Waals surface area (Å²) in [5.41, 5.74) is 1.33. The van der Waals surface area contributed by atoms with E-state index in [0.717, 1.165) is 31.5 Å². The van der Waals surface area contributed by atoms with Crippen LogP contribution in [0.25, 0.3) is 0 Å². The van der Waals surface area contributed by atoms with Crippen LogP contribution < -0.4 is 5.32 Å². The second-order valence-corrected chi connectivity index (χ2v) is 10.1. The molecule has 0 bridgehead atoms. The standard InChI is InChI=1S/C22H26ClFN2O3S/c1-16-7-9-17(10-8-16)30(28,29)14-11-21(27)25-15-20(26-12-2-3-13-26)22-18(23)5-4-6-19(22)24/h4-10,20H,2-3,11-15H2,1H3,(H,25,27). The second-order valence-electron chi connectivity index (χ2n) is 7.58. The van der Waals surface area contributed by atoms with Gasteiger partial charge in [0.15, 0.2) is 9.84 Å². The van der Waals surface area contributed by atoms with Crippen molar-refractivity contribution in [1.82, 2.24) is 10.2 Å². The Balaban J connectivity index is 1.64. The van der Waals surface area contributed by atoms with Crippen molar-refractivity contribution in [3.63, 3.8) is 0 Å². The SMILES string of the molecule is Cc1ccc(S(=O)(=O)CCC(=O)NCC(c2c(F)cccc2Cl)N2CCCC2)cc1. The first-order valence-corrected chi connectivity index (χ1v) is 12.0. The third-order valence-corrected chi connectivity index (χ3v) is 7.45. The van der Waals surface area contributed by atoms with Gasteiger partial charge in [-0.1, -0.05) is 35.4 Å². The van der Waals surface area contributed by atoms with Crippen molar-refractivity contribution in [2.75, 3.05) is 25.4 Å². The van der Waals surface area contributed by atoms with Gasteiger partial charge < -0.3 is 5.32 Å². The minimum atomic E-state index is -3.54. The van der Waals surface area contributed by atoms with E-state index in [2.05, 4.69) is 10.2 Å². The smallest absolute Gasteiger partial charge is 0.221 e. The normalized spacial score (nSPS) is 15.8. The molecule has 30 heavy (non-hydrogen) atoms. The fourth-order valence-electron chi connectivity index (χ4n) is 3.69. The Kier molecular flexibility index (Phi) is 7.50. The summed E-state index contributed by atoms with van der Waals surface area (Å²) in [7, 11) is -3.54. The molecule has 1 N–H and O–H groups in total. The number of benzene rings is 2. The maximum atomic E-state index is 14.5. The number of amides is 1. The lowest BCUT2D eigenvalue weighted by Gasteiger charge is -2.29. The van der Waals surface area contributed by atoms with E-state index in [1.807, 2.05) is 6.92 Å². The predicted molar refractivity (Wildman–Crippen MR) is 116 cm³/mol. The summed E-state index contributed by atoms with van der Waals surface area (Å²) in [6.07, 6.45) is 1.85. The van der Waals surface area contributed by atoms with E-state index in [1.54, 1.807) is 36.4 Å². The molecule has 1 atom stereocenters. The minimum absolute atomic E-state index is 0.159. The highest BCUT2D eigenvalue weighted by atomic mass is 35.5. The molecule has 0 radical (unpaired) electrons. The summed E-state index contributed by atoms with van der Waals surface area (Å²) < 4.78 is 39.4. The van der Waals surface area contributed by atoms with Crippen LogP contribution in [0.3, 0.4) is 0 Å². The monoisotopic (exact) mass is 452 g/mol. The summed E-state index contributed by atoms with van der Waals surface area (Å²) in [4.78, 5) is 14.7. The van der Waals surface area contributed by atoms with E-state index < -0.39 is 15.7 Å². The molecule has 0 saturated carbocycles. The Morgan fingerprint density at radius 3 is 2.47 bits per heavy atom. The second kappa shape index (κ2) is 9.90. The van der Waals surface area contributed by atoms with Gasteiger partial charge in [0.25, 0.3) is 0 Å². The lowest BCUT2D eigenvalue weighted by atomic mass is 10.0. The van der Waals surface area contributed by atoms with Crippen molar-refractivity contribution in [3.8, 4) is 0 Å². The lowest BCUT2D eigenvalue weighted by Crippen LogP contribution is -2.37. The molecule has 2 aromatic rings. The van der Waals surface area contributed by atoms with Gasteiger partial charge in [0.05, 0.1) is 16.7 Å². The molecule has 1 aliphatic rings. The van der Waals surface area contributed by atoms with Crippen molar-refractivity contribution in [3.05, 3.63) is 64.4 Å². The Morgan fingerprint density at radius 2 is 1.83 bits per heavy atom. The van der Waals surface area contributed by atoms with Gasteiger partial charge in [-0.25, -0.2) is 12.8 Å². The van der Waals surface area contributed by atoms with E-state index in [-0.39, 0.29) is 35.6 Å².